The van der Waals surface area contributed by atoms with Crippen molar-refractivity contribution in [3.05, 3.63) is 16.1 Å². The van der Waals surface area contributed by atoms with Crippen molar-refractivity contribution < 1.29 is 0 Å². The average Bonchev–Trinajstić information content (AvgIpc) is 2.66. The SMILES string of the molecule is Cc1csc(CC2CC(C(C)(C)C)CCC2Cl)n1. The van der Waals surface area contributed by atoms with E-state index in [1.54, 1.807) is 11.3 Å². The summed E-state index contributed by atoms with van der Waals surface area (Å²) in [7, 11) is 0. The van der Waals surface area contributed by atoms with Crippen molar-refractivity contribution >= 4 is 22.9 Å². The van der Waals surface area contributed by atoms with Crippen LogP contribution in [0.4, 0.5) is 0 Å². The molecule has 102 valence electrons. The van der Waals surface area contributed by atoms with E-state index < -0.39 is 0 Å². The summed E-state index contributed by atoms with van der Waals surface area (Å²) in [6.45, 7) is 9.14. The van der Waals surface area contributed by atoms with Gasteiger partial charge in [0.15, 0.2) is 0 Å². The monoisotopic (exact) mass is 285 g/mol. The topological polar surface area (TPSA) is 12.9 Å². The largest absolute Gasteiger partial charge is 0.247 e. The first-order valence-corrected chi connectivity index (χ1v) is 8.23. The van der Waals surface area contributed by atoms with Gasteiger partial charge in [-0.2, -0.15) is 0 Å². The van der Waals surface area contributed by atoms with Gasteiger partial charge in [-0.1, -0.05) is 20.8 Å². The molecule has 1 aliphatic carbocycles. The molecule has 0 radical (unpaired) electrons. The molecule has 0 N–H and O–H groups in total. The Bertz CT molecular complexity index is 393. The van der Waals surface area contributed by atoms with Gasteiger partial charge in [-0.05, 0) is 43.4 Å². The van der Waals surface area contributed by atoms with Crippen molar-refractivity contribution in [2.24, 2.45) is 17.3 Å². The van der Waals surface area contributed by atoms with E-state index >= 15 is 0 Å². The zero-order chi connectivity index (χ0) is 13.3. The van der Waals surface area contributed by atoms with E-state index in [1.807, 2.05) is 0 Å². The molecule has 0 amide bonds. The van der Waals surface area contributed by atoms with Gasteiger partial charge in [-0.3, -0.25) is 0 Å². The zero-order valence-electron chi connectivity index (χ0n) is 11.9. The second-order valence-electron chi connectivity index (χ2n) is 6.74. The summed E-state index contributed by atoms with van der Waals surface area (Å²) < 4.78 is 0. The Morgan fingerprint density at radius 1 is 1.39 bits per heavy atom. The molecule has 2 rings (SSSR count). The zero-order valence-corrected chi connectivity index (χ0v) is 13.4. The van der Waals surface area contributed by atoms with Crippen LogP contribution in [0.25, 0.3) is 0 Å². The van der Waals surface area contributed by atoms with Crippen molar-refractivity contribution in [3.63, 3.8) is 0 Å². The van der Waals surface area contributed by atoms with Crippen LogP contribution in [0.2, 0.25) is 0 Å². The molecule has 0 aromatic carbocycles. The molecule has 1 heterocycles. The summed E-state index contributed by atoms with van der Waals surface area (Å²) in [6.07, 6.45) is 4.78. The lowest BCUT2D eigenvalue weighted by atomic mass is 9.68. The third-order valence-corrected chi connectivity index (χ3v) is 5.78. The summed E-state index contributed by atoms with van der Waals surface area (Å²) in [4.78, 5) is 4.59. The minimum atomic E-state index is 0.341. The number of thiazole rings is 1. The van der Waals surface area contributed by atoms with Crippen molar-refractivity contribution in [2.75, 3.05) is 0 Å². The van der Waals surface area contributed by atoms with Gasteiger partial charge in [0.1, 0.15) is 0 Å². The summed E-state index contributed by atoms with van der Waals surface area (Å²) in [6, 6.07) is 0. The average molecular weight is 286 g/mol. The maximum atomic E-state index is 6.53. The first-order valence-electron chi connectivity index (χ1n) is 6.91. The molecule has 3 unspecified atom stereocenters. The molecule has 0 bridgehead atoms. The van der Waals surface area contributed by atoms with Gasteiger partial charge in [-0.15, -0.1) is 22.9 Å². The number of hydrogen-bond acceptors (Lipinski definition) is 2. The number of alkyl halides is 1. The first-order chi connectivity index (χ1) is 8.36. The smallest absolute Gasteiger partial charge is 0.0931 e. The highest BCUT2D eigenvalue weighted by Crippen LogP contribution is 2.43. The maximum absolute atomic E-state index is 6.53. The number of hydrogen-bond donors (Lipinski definition) is 0. The van der Waals surface area contributed by atoms with E-state index in [4.69, 9.17) is 11.6 Å². The molecule has 3 atom stereocenters. The fourth-order valence-electron chi connectivity index (χ4n) is 2.95. The second-order valence-corrected chi connectivity index (χ2v) is 8.24. The van der Waals surface area contributed by atoms with Crippen LogP contribution < -0.4 is 0 Å². The number of rotatable bonds is 2. The van der Waals surface area contributed by atoms with Crippen LogP contribution in [0.5, 0.6) is 0 Å². The minimum Gasteiger partial charge on any atom is -0.247 e. The van der Waals surface area contributed by atoms with E-state index in [2.05, 4.69) is 38.1 Å². The van der Waals surface area contributed by atoms with Crippen molar-refractivity contribution in [1.82, 2.24) is 4.98 Å². The van der Waals surface area contributed by atoms with E-state index in [-0.39, 0.29) is 0 Å². The minimum absolute atomic E-state index is 0.341. The fourth-order valence-corrected chi connectivity index (χ4v) is 4.13. The van der Waals surface area contributed by atoms with E-state index in [9.17, 15) is 0 Å². The molecule has 0 spiro atoms. The van der Waals surface area contributed by atoms with Crippen LogP contribution in [0.15, 0.2) is 5.38 Å². The molecule has 18 heavy (non-hydrogen) atoms. The Balaban J connectivity index is 2.02. The van der Waals surface area contributed by atoms with Gasteiger partial charge in [0.05, 0.1) is 5.01 Å². The van der Waals surface area contributed by atoms with Gasteiger partial charge in [0.2, 0.25) is 0 Å². The Morgan fingerprint density at radius 2 is 2.11 bits per heavy atom. The lowest BCUT2D eigenvalue weighted by molar-refractivity contribution is 0.144. The van der Waals surface area contributed by atoms with Gasteiger partial charge in [-0.25, -0.2) is 4.98 Å². The molecular formula is C15H24ClNS. The predicted molar refractivity (Wildman–Crippen MR) is 80.5 cm³/mol. The van der Waals surface area contributed by atoms with Crippen LogP contribution in [0.1, 0.15) is 50.7 Å². The molecule has 3 heteroatoms. The summed E-state index contributed by atoms with van der Waals surface area (Å²) >= 11 is 8.32. The van der Waals surface area contributed by atoms with Gasteiger partial charge < -0.3 is 0 Å². The predicted octanol–water partition coefficient (Wildman–Crippen LogP) is 5.06. The summed E-state index contributed by atoms with van der Waals surface area (Å²) in [5, 5.41) is 3.74. The lowest BCUT2D eigenvalue weighted by Crippen LogP contribution is -2.33. The first kappa shape index (κ1) is 14.3. The quantitative estimate of drug-likeness (QED) is 0.692. The molecular weight excluding hydrogens is 262 g/mol. The highest BCUT2D eigenvalue weighted by atomic mass is 35.5. The van der Waals surface area contributed by atoms with E-state index in [1.165, 1.54) is 24.3 Å². The Hall–Kier alpha value is -0.0800. The van der Waals surface area contributed by atoms with Crippen LogP contribution in [-0.4, -0.2) is 10.4 Å². The summed E-state index contributed by atoms with van der Waals surface area (Å²) in [5.41, 5.74) is 1.55. The molecule has 0 saturated heterocycles. The Morgan fingerprint density at radius 3 is 2.67 bits per heavy atom. The van der Waals surface area contributed by atoms with E-state index in [0.29, 0.717) is 16.7 Å². The van der Waals surface area contributed by atoms with Gasteiger partial charge in [0.25, 0.3) is 0 Å². The Labute approximate surface area is 120 Å². The van der Waals surface area contributed by atoms with Gasteiger partial charge >= 0.3 is 0 Å². The van der Waals surface area contributed by atoms with Crippen LogP contribution >= 0.6 is 22.9 Å². The second kappa shape index (κ2) is 5.50. The standard InChI is InChI=1S/C15H24ClNS/c1-10-9-18-14(17-10)8-11-7-12(15(2,3)4)5-6-13(11)16/h9,11-13H,5-8H2,1-4H3. The van der Waals surface area contributed by atoms with Crippen LogP contribution in [0.3, 0.4) is 0 Å². The van der Waals surface area contributed by atoms with Crippen LogP contribution in [0, 0.1) is 24.2 Å². The van der Waals surface area contributed by atoms with Crippen molar-refractivity contribution in [2.45, 2.75) is 58.8 Å². The van der Waals surface area contributed by atoms with Gasteiger partial charge in [0, 0.05) is 22.9 Å². The number of aromatic nitrogens is 1. The lowest BCUT2D eigenvalue weighted by Gasteiger charge is -2.39. The highest BCUT2D eigenvalue weighted by Gasteiger charge is 2.35. The van der Waals surface area contributed by atoms with Crippen LogP contribution in [-0.2, 0) is 6.42 Å². The normalized spacial score (nSPS) is 29.5. The molecule has 1 aliphatic rings. The van der Waals surface area contributed by atoms with Crippen molar-refractivity contribution in [1.29, 1.82) is 0 Å². The molecule has 1 nitrogen and oxygen atoms in total. The third kappa shape index (κ3) is 3.48. The number of aryl methyl sites for hydroxylation is 1. The number of halogens is 1. The molecule has 0 aliphatic heterocycles. The summed E-state index contributed by atoms with van der Waals surface area (Å²) in [5.74, 6) is 1.41. The molecule has 1 aromatic heterocycles. The molecule has 1 fully saturated rings. The highest BCUT2D eigenvalue weighted by molar-refractivity contribution is 7.09. The molecule has 1 aromatic rings. The molecule has 1 saturated carbocycles. The third-order valence-electron chi connectivity index (χ3n) is 4.22. The Kier molecular flexibility index (Phi) is 4.38. The number of nitrogens with zero attached hydrogens (tertiary/aromatic N) is 1. The van der Waals surface area contributed by atoms with Crippen molar-refractivity contribution in [3.8, 4) is 0 Å². The fraction of sp³-hybridized carbons (Fsp3) is 0.800. The van der Waals surface area contributed by atoms with E-state index in [0.717, 1.165) is 18.0 Å². The maximum Gasteiger partial charge on any atom is 0.0931 e.